The summed E-state index contributed by atoms with van der Waals surface area (Å²) in [5.41, 5.74) is 0.909. The maximum Gasteiger partial charge on any atom is 0.409 e. The van der Waals surface area contributed by atoms with Crippen LogP contribution in [0.5, 0.6) is 11.5 Å². The van der Waals surface area contributed by atoms with Gasteiger partial charge in [0.25, 0.3) is 0 Å². The Balaban J connectivity index is 2.12. The minimum absolute atomic E-state index is 0.261. The van der Waals surface area contributed by atoms with Crippen LogP contribution in [0, 0.1) is 0 Å². The van der Waals surface area contributed by atoms with Gasteiger partial charge in [-0.25, -0.2) is 4.79 Å². The molecular formula is C15H21ClN2O4. The smallest absolute Gasteiger partial charge is 0.409 e. The average molecular weight is 329 g/mol. The van der Waals surface area contributed by atoms with Crippen molar-refractivity contribution in [2.24, 2.45) is 0 Å². The summed E-state index contributed by atoms with van der Waals surface area (Å²) in [5, 5.41) is 0.508. The number of amides is 1. The first-order valence-electron chi connectivity index (χ1n) is 7.18. The Morgan fingerprint density at radius 2 is 1.77 bits per heavy atom. The van der Waals surface area contributed by atoms with Crippen LogP contribution in [0.25, 0.3) is 0 Å². The Kier molecular flexibility index (Phi) is 5.60. The fraction of sp³-hybridized carbons (Fsp3) is 0.533. The van der Waals surface area contributed by atoms with Crippen molar-refractivity contribution in [3.05, 3.63) is 17.2 Å². The number of rotatable bonds is 4. The van der Waals surface area contributed by atoms with E-state index in [9.17, 15) is 4.79 Å². The van der Waals surface area contributed by atoms with E-state index in [1.54, 1.807) is 32.1 Å². The van der Waals surface area contributed by atoms with E-state index in [0.717, 1.165) is 5.69 Å². The van der Waals surface area contributed by atoms with E-state index >= 15 is 0 Å². The lowest BCUT2D eigenvalue weighted by Crippen LogP contribution is -2.49. The van der Waals surface area contributed by atoms with Gasteiger partial charge in [-0.1, -0.05) is 11.6 Å². The Morgan fingerprint density at radius 1 is 1.14 bits per heavy atom. The van der Waals surface area contributed by atoms with Gasteiger partial charge in [0, 0.05) is 38.3 Å². The second-order valence-corrected chi connectivity index (χ2v) is 5.24. The first kappa shape index (κ1) is 16.5. The number of nitrogens with zero attached hydrogens (tertiary/aromatic N) is 2. The van der Waals surface area contributed by atoms with Crippen molar-refractivity contribution in [1.82, 2.24) is 4.90 Å². The molecule has 1 aliphatic rings. The quantitative estimate of drug-likeness (QED) is 0.850. The molecule has 1 aromatic carbocycles. The summed E-state index contributed by atoms with van der Waals surface area (Å²) in [6.07, 6.45) is -0.261. The zero-order valence-electron chi connectivity index (χ0n) is 13.1. The highest BCUT2D eigenvalue weighted by Gasteiger charge is 2.24. The number of hydrogen-bond donors (Lipinski definition) is 0. The van der Waals surface area contributed by atoms with Gasteiger partial charge in [0.15, 0.2) is 0 Å². The summed E-state index contributed by atoms with van der Waals surface area (Å²) in [6.45, 7) is 4.79. The van der Waals surface area contributed by atoms with E-state index in [-0.39, 0.29) is 6.09 Å². The molecule has 0 atom stereocenters. The van der Waals surface area contributed by atoms with Crippen molar-refractivity contribution in [1.29, 1.82) is 0 Å². The third-order valence-corrected chi connectivity index (χ3v) is 3.90. The molecule has 7 heteroatoms. The van der Waals surface area contributed by atoms with Crippen molar-refractivity contribution in [3.8, 4) is 11.5 Å². The zero-order valence-corrected chi connectivity index (χ0v) is 13.9. The molecule has 0 bridgehead atoms. The van der Waals surface area contributed by atoms with Crippen molar-refractivity contribution < 1.29 is 19.0 Å². The second-order valence-electron chi connectivity index (χ2n) is 4.83. The lowest BCUT2D eigenvalue weighted by Gasteiger charge is -2.36. The molecule has 1 aliphatic heterocycles. The molecule has 0 spiro atoms. The Hall–Kier alpha value is -1.82. The predicted molar refractivity (Wildman–Crippen MR) is 85.4 cm³/mol. The van der Waals surface area contributed by atoms with Crippen LogP contribution >= 0.6 is 11.6 Å². The summed E-state index contributed by atoms with van der Waals surface area (Å²) in [4.78, 5) is 15.6. The number of benzene rings is 1. The Morgan fingerprint density at radius 3 is 2.32 bits per heavy atom. The van der Waals surface area contributed by atoms with E-state index in [4.69, 9.17) is 25.8 Å². The lowest BCUT2D eigenvalue weighted by atomic mass is 10.2. The molecule has 0 saturated carbocycles. The molecule has 0 unspecified atom stereocenters. The first-order valence-corrected chi connectivity index (χ1v) is 7.56. The molecule has 1 amide bonds. The molecule has 1 heterocycles. The van der Waals surface area contributed by atoms with Gasteiger partial charge in [-0.2, -0.15) is 0 Å². The number of methoxy groups -OCH3 is 2. The van der Waals surface area contributed by atoms with Gasteiger partial charge in [-0.3, -0.25) is 0 Å². The van der Waals surface area contributed by atoms with Gasteiger partial charge in [-0.05, 0) is 6.92 Å². The molecule has 0 aliphatic carbocycles. The van der Waals surface area contributed by atoms with Crippen LogP contribution in [0.15, 0.2) is 12.1 Å². The fourth-order valence-corrected chi connectivity index (χ4v) is 2.67. The highest BCUT2D eigenvalue weighted by molar-refractivity contribution is 6.32. The van der Waals surface area contributed by atoms with Crippen LogP contribution < -0.4 is 14.4 Å². The lowest BCUT2D eigenvalue weighted by molar-refractivity contribution is 0.105. The van der Waals surface area contributed by atoms with Gasteiger partial charge in [0.1, 0.15) is 11.5 Å². The first-order chi connectivity index (χ1) is 10.6. The van der Waals surface area contributed by atoms with E-state index in [1.165, 1.54) is 0 Å². The van der Waals surface area contributed by atoms with E-state index in [2.05, 4.69) is 4.90 Å². The molecule has 22 heavy (non-hydrogen) atoms. The van der Waals surface area contributed by atoms with Crippen molar-refractivity contribution in [3.63, 3.8) is 0 Å². The monoisotopic (exact) mass is 328 g/mol. The molecule has 1 aromatic rings. The minimum atomic E-state index is -0.261. The van der Waals surface area contributed by atoms with Crippen LogP contribution in [0.4, 0.5) is 10.5 Å². The van der Waals surface area contributed by atoms with Gasteiger partial charge < -0.3 is 24.0 Å². The third kappa shape index (κ3) is 3.50. The molecule has 1 fully saturated rings. The summed E-state index contributed by atoms with van der Waals surface area (Å²) >= 11 is 6.13. The third-order valence-electron chi connectivity index (χ3n) is 3.60. The highest BCUT2D eigenvalue weighted by Crippen LogP contribution is 2.38. The fourth-order valence-electron chi connectivity index (χ4n) is 2.44. The standard InChI is InChI=1S/C15H21ClN2O4/c1-4-22-15(19)18-7-5-17(6-8-18)12-10-13(20-2)11(16)9-14(12)21-3/h9-10H,4-8H2,1-3H3. The van der Waals surface area contributed by atoms with E-state index in [0.29, 0.717) is 49.3 Å². The van der Waals surface area contributed by atoms with Crippen LogP contribution in [0.2, 0.25) is 5.02 Å². The molecule has 6 nitrogen and oxygen atoms in total. The van der Waals surface area contributed by atoms with Crippen LogP contribution in [0.1, 0.15) is 6.92 Å². The molecular weight excluding hydrogens is 308 g/mol. The molecule has 1 saturated heterocycles. The van der Waals surface area contributed by atoms with Crippen molar-refractivity contribution >= 4 is 23.4 Å². The maximum atomic E-state index is 11.7. The number of hydrogen-bond acceptors (Lipinski definition) is 5. The largest absolute Gasteiger partial charge is 0.495 e. The number of ether oxygens (including phenoxy) is 3. The Labute approximate surface area is 135 Å². The van der Waals surface area contributed by atoms with Crippen LogP contribution in [-0.2, 0) is 4.74 Å². The van der Waals surface area contributed by atoms with Gasteiger partial charge in [-0.15, -0.1) is 0 Å². The number of carbonyl (C=O) groups is 1. The van der Waals surface area contributed by atoms with Gasteiger partial charge in [0.05, 0.1) is 31.5 Å². The van der Waals surface area contributed by atoms with E-state index < -0.39 is 0 Å². The molecule has 0 radical (unpaired) electrons. The topological polar surface area (TPSA) is 51.2 Å². The summed E-state index contributed by atoms with van der Waals surface area (Å²) in [7, 11) is 3.19. The predicted octanol–water partition coefficient (Wildman–Crippen LogP) is 2.64. The number of halogens is 1. The number of anilines is 1. The van der Waals surface area contributed by atoms with Crippen molar-refractivity contribution in [2.45, 2.75) is 6.92 Å². The SMILES string of the molecule is CCOC(=O)N1CCN(c2cc(OC)c(Cl)cc2OC)CC1. The van der Waals surface area contributed by atoms with Gasteiger partial charge in [0.2, 0.25) is 0 Å². The second kappa shape index (κ2) is 7.45. The summed E-state index contributed by atoms with van der Waals surface area (Å²) in [6, 6.07) is 3.61. The van der Waals surface area contributed by atoms with Crippen LogP contribution in [0.3, 0.4) is 0 Å². The summed E-state index contributed by atoms with van der Waals surface area (Å²) < 4.78 is 15.7. The highest BCUT2D eigenvalue weighted by atomic mass is 35.5. The number of carbonyl (C=O) groups excluding carboxylic acids is 1. The normalized spacial score (nSPS) is 14.7. The Bertz CT molecular complexity index is 531. The molecule has 2 rings (SSSR count). The maximum absolute atomic E-state index is 11.7. The number of piperazine rings is 1. The van der Waals surface area contributed by atoms with Gasteiger partial charge >= 0.3 is 6.09 Å². The average Bonchev–Trinajstić information content (AvgIpc) is 2.55. The zero-order chi connectivity index (χ0) is 16.1. The summed E-state index contributed by atoms with van der Waals surface area (Å²) in [5.74, 6) is 1.29. The van der Waals surface area contributed by atoms with Crippen molar-refractivity contribution in [2.75, 3.05) is 51.9 Å². The van der Waals surface area contributed by atoms with E-state index in [1.807, 2.05) is 6.07 Å². The molecule has 122 valence electrons. The molecule has 0 N–H and O–H groups in total. The molecule has 0 aromatic heterocycles. The minimum Gasteiger partial charge on any atom is -0.495 e. The van der Waals surface area contributed by atoms with Crippen LogP contribution in [-0.4, -0.2) is 58.0 Å².